The molecule has 3 heteroatoms. The third-order valence-corrected chi connectivity index (χ3v) is 2.34. The van der Waals surface area contributed by atoms with Crippen LogP contribution in [-0.2, 0) is 9.53 Å². The standard InChI is InChI=1S/C14H16O3/c1-17-14(16)11-7-3-6-10-13(15)12-8-4-2-5-9-12/h2,4-5,8-9,13,15H,3,6,10H2,1H3. The zero-order valence-electron chi connectivity index (χ0n) is 9.85. The van der Waals surface area contributed by atoms with Crippen molar-refractivity contribution in [2.24, 2.45) is 0 Å². The lowest BCUT2D eigenvalue weighted by Gasteiger charge is -2.08. The summed E-state index contributed by atoms with van der Waals surface area (Å²) in [5.41, 5.74) is 0.911. The number of methoxy groups -OCH3 is 1. The van der Waals surface area contributed by atoms with Gasteiger partial charge in [-0.3, -0.25) is 0 Å². The summed E-state index contributed by atoms with van der Waals surface area (Å²) in [6, 6.07) is 9.50. The third-order valence-electron chi connectivity index (χ3n) is 2.34. The van der Waals surface area contributed by atoms with Crippen molar-refractivity contribution in [2.45, 2.75) is 25.4 Å². The highest BCUT2D eigenvalue weighted by molar-refractivity contribution is 5.88. The minimum absolute atomic E-state index is 0.462. The van der Waals surface area contributed by atoms with E-state index in [0.29, 0.717) is 12.8 Å². The fourth-order valence-corrected chi connectivity index (χ4v) is 1.41. The van der Waals surface area contributed by atoms with Crippen LogP contribution in [0.15, 0.2) is 30.3 Å². The van der Waals surface area contributed by atoms with Gasteiger partial charge in [0.05, 0.1) is 13.2 Å². The number of carbonyl (C=O) groups is 1. The van der Waals surface area contributed by atoms with Crippen LogP contribution in [0.4, 0.5) is 0 Å². The van der Waals surface area contributed by atoms with E-state index < -0.39 is 12.1 Å². The van der Waals surface area contributed by atoms with Gasteiger partial charge in [0.2, 0.25) is 0 Å². The van der Waals surface area contributed by atoms with E-state index in [9.17, 15) is 9.90 Å². The number of ether oxygens (including phenoxy) is 1. The number of esters is 1. The van der Waals surface area contributed by atoms with Gasteiger partial charge in [0, 0.05) is 12.3 Å². The maximum absolute atomic E-state index is 10.7. The summed E-state index contributed by atoms with van der Waals surface area (Å²) in [7, 11) is 1.30. The molecule has 90 valence electrons. The largest absolute Gasteiger partial charge is 0.459 e. The average Bonchev–Trinajstić information content (AvgIpc) is 2.38. The summed E-state index contributed by atoms with van der Waals surface area (Å²) in [5.74, 6) is 4.54. The van der Waals surface area contributed by atoms with E-state index in [0.717, 1.165) is 12.0 Å². The van der Waals surface area contributed by atoms with E-state index in [-0.39, 0.29) is 0 Å². The Morgan fingerprint density at radius 3 is 2.76 bits per heavy atom. The molecule has 0 aromatic heterocycles. The van der Waals surface area contributed by atoms with Crippen molar-refractivity contribution < 1.29 is 14.6 Å². The predicted octanol–water partition coefficient (Wildman–Crippen LogP) is 2.07. The van der Waals surface area contributed by atoms with Gasteiger partial charge in [-0.25, -0.2) is 4.79 Å². The Bertz CT molecular complexity index is 400. The third kappa shape index (κ3) is 5.19. The van der Waals surface area contributed by atoms with Gasteiger partial charge < -0.3 is 9.84 Å². The minimum atomic E-state index is -0.520. The van der Waals surface area contributed by atoms with Crippen molar-refractivity contribution in [3.63, 3.8) is 0 Å². The van der Waals surface area contributed by atoms with Crippen LogP contribution in [-0.4, -0.2) is 18.2 Å². The molecule has 1 aromatic rings. The molecular weight excluding hydrogens is 216 g/mol. The first-order valence-electron chi connectivity index (χ1n) is 5.54. The molecule has 0 radical (unpaired) electrons. The quantitative estimate of drug-likeness (QED) is 0.374. The molecule has 0 bridgehead atoms. The summed E-state index contributed by atoms with van der Waals surface area (Å²) in [6.45, 7) is 0. The molecule has 0 aliphatic heterocycles. The summed E-state index contributed by atoms with van der Waals surface area (Å²) in [5, 5.41) is 9.84. The first kappa shape index (κ1) is 13.3. The molecule has 0 aliphatic carbocycles. The molecule has 1 aromatic carbocycles. The summed E-state index contributed by atoms with van der Waals surface area (Å²) in [4.78, 5) is 10.7. The van der Waals surface area contributed by atoms with Crippen molar-refractivity contribution in [1.29, 1.82) is 0 Å². The molecule has 1 N–H and O–H groups in total. The molecule has 0 spiro atoms. The molecule has 3 nitrogen and oxygen atoms in total. The molecule has 0 heterocycles. The number of aliphatic hydroxyl groups excluding tert-OH is 1. The molecule has 17 heavy (non-hydrogen) atoms. The Labute approximate surface area is 101 Å². The van der Waals surface area contributed by atoms with Gasteiger partial charge in [-0.05, 0) is 18.4 Å². The highest BCUT2D eigenvalue weighted by Gasteiger charge is 2.05. The number of carbonyl (C=O) groups excluding carboxylic acids is 1. The van der Waals surface area contributed by atoms with Crippen LogP contribution in [0.3, 0.4) is 0 Å². The molecule has 1 rings (SSSR count). The van der Waals surface area contributed by atoms with Gasteiger partial charge in [0.25, 0.3) is 0 Å². The number of rotatable bonds is 4. The van der Waals surface area contributed by atoms with E-state index in [2.05, 4.69) is 16.6 Å². The molecule has 0 amide bonds. The number of unbranched alkanes of at least 4 members (excludes halogenated alkanes) is 1. The first-order valence-corrected chi connectivity index (χ1v) is 5.54. The van der Waals surface area contributed by atoms with E-state index in [1.165, 1.54) is 7.11 Å². The van der Waals surface area contributed by atoms with E-state index in [1.807, 2.05) is 30.3 Å². The fourth-order valence-electron chi connectivity index (χ4n) is 1.41. The molecular formula is C14H16O3. The van der Waals surface area contributed by atoms with Gasteiger partial charge >= 0.3 is 5.97 Å². The maximum atomic E-state index is 10.7. The topological polar surface area (TPSA) is 46.5 Å². The second kappa shape index (κ2) is 7.48. The number of aliphatic hydroxyl groups is 1. The van der Waals surface area contributed by atoms with Crippen molar-refractivity contribution in [1.82, 2.24) is 0 Å². The van der Waals surface area contributed by atoms with E-state index in [4.69, 9.17) is 0 Å². The molecule has 1 unspecified atom stereocenters. The van der Waals surface area contributed by atoms with Gasteiger partial charge in [-0.15, -0.1) is 0 Å². The van der Waals surface area contributed by atoms with Crippen molar-refractivity contribution in [3.8, 4) is 11.8 Å². The average molecular weight is 232 g/mol. The summed E-state index contributed by atoms with van der Waals surface area (Å²) < 4.78 is 4.39. The van der Waals surface area contributed by atoms with Crippen LogP contribution in [0.5, 0.6) is 0 Å². The van der Waals surface area contributed by atoms with Crippen molar-refractivity contribution in [2.75, 3.05) is 7.11 Å². The van der Waals surface area contributed by atoms with Crippen LogP contribution in [0.2, 0.25) is 0 Å². The highest BCUT2D eigenvalue weighted by atomic mass is 16.5. The van der Waals surface area contributed by atoms with Crippen LogP contribution in [0.25, 0.3) is 0 Å². The minimum Gasteiger partial charge on any atom is -0.459 e. The van der Waals surface area contributed by atoms with Crippen molar-refractivity contribution >= 4 is 5.97 Å². The van der Waals surface area contributed by atoms with Crippen LogP contribution in [0, 0.1) is 11.8 Å². The second-order valence-corrected chi connectivity index (χ2v) is 3.61. The molecule has 0 saturated heterocycles. The second-order valence-electron chi connectivity index (χ2n) is 3.61. The normalized spacial score (nSPS) is 11.2. The predicted molar refractivity (Wildman–Crippen MR) is 65.0 cm³/mol. The first-order chi connectivity index (χ1) is 8.24. The molecule has 1 atom stereocenters. The number of hydrogen-bond donors (Lipinski definition) is 1. The lowest BCUT2D eigenvalue weighted by Crippen LogP contribution is -1.97. The zero-order chi connectivity index (χ0) is 12.5. The SMILES string of the molecule is COC(=O)C#CCCCC(O)c1ccccc1. The Kier molecular flexibility index (Phi) is 5.84. The molecule has 0 fully saturated rings. The fraction of sp³-hybridized carbons (Fsp3) is 0.357. The summed E-state index contributed by atoms with van der Waals surface area (Å²) >= 11 is 0. The molecule has 0 saturated carbocycles. The monoisotopic (exact) mass is 232 g/mol. The van der Waals surface area contributed by atoms with Crippen LogP contribution < -0.4 is 0 Å². The Morgan fingerprint density at radius 1 is 1.41 bits per heavy atom. The van der Waals surface area contributed by atoms with Gasteiger partial charge in [-0.2, -0.15) is 0 Å². The summed E-state index contributed by atoms with van der Waals surface area (Å²) in [6.07, 6.45) is 1.51. The highest BCUT2D eigenvalue weighted by Crippen LogP contribution is 2.18. The number of benzene rings is 1. The Balaban J connectivity index is 2.27. The van der Waals surface area contributed by atoms with Crippen molar-refractivity contribution in [3.05, 3.63) is 35.9 Å². The Hall–Kier alpha value is -1.79. The van der Waals surface area contributed by atoms with E-state index >= 15 is 0 Å². The van der Waals surface area contributed by atoms with Crippen LogP contribution >= 0.6 is 0 Å². The smallest absolute Gasteiger partial charge is 0.384 e. The van der Waals surface area contributed by atoms with Crippen LogP contribution in [0.1, 0.15) is 30.9 Å². The lowest BCUT2D eigenvalue weighted by atomic mass is 10.0. The lowest BCUT2D eigenvalue weighted by molar-refractivity contribution is -0.133. The van der Waals surface area contributed by atoms with Gasteiger partial charge in [-0.1, -0.05) is 36.3 Å². The zero-order valence-corrected chi connectivity index (χ0v) is 9.85. The molecule has 0 aliphatic rings. The van der Waals surface area contributed by atoms with E-state index in [1.54, 1.807) is 0 Å². The van der Waals surface area contributed by atoms with Gasteiger partial charge in [0.1, 0.15) is 0 Å². The van der Waals surface area contributed by atoms with Gasteiger partial charge in [0.15, 0.2) is 0 Å². The maximum Gasteiger partial charge on any atom is 0.384 e. The Morgan fingerprint density at radius 2 is 2.12 bits per heavy atom. The number of hydrogen-bond acceptors (Lipinski definition) is 3.